The number of hydrogen-bond donors (Lipinski definition) is 2. The van der Waals surface area contributed by atoms with Gasteiger partial charge < -0.3 is 15.6 Å². The molecule has 1 rings (SSSR count). The van der Waals surface area contributed by atoms with Crippen LogP contribution in [0.2, 0.25) is 0 Å². The van der Waals surface area contributed by atoms with Gasteiger partial charge in [-0.05, 0) is 45.2 Å². The molecule has 0 spiro atoms. The summed E-state index contributed by atoms with van der Waals surface area (Å²) in [5, 5.41) is 8.33. The maximum Gasteiger partial charge on any atom is 0.405 e. The third kappa shape index (κ3) is 10.2. The second-order valence-electron chi connectivity index (χ2n) is 5.64. The van der Waals surface area contributed by atoms with Crippen LogP contribution in [0.1, 0.15) is 39.2 Å². The summed E-state index contributed by atoms with van der Waals surface area (Å²) in [6.07, 6.45) is -0.581. The minimum absolute atomic E-state index is 0.00449. The molecule has 0 aliphatic rings. The molecule has 130 valence electrons. The second-order valence-corrected chi connectivity index (χ2v) is 5.64. The van der Waals surface area contributed by atoms with Crippen LogP contribution in [0.15, 0.2) is 12.1 Å². The van der Waals surface area contributed by atoms with Gasteiger partial charge in [-0.15, -0.1) is 0 Å². The Kier molecular flexibility index (Phi) is 8.13. The Morgan fingerprint density at radius 3 is 2.04 bits per heavy atom. The Hall–Kier alpha value is -2.25. The van der Waals surface area contributed by atoms with Crippen molar-refractivity contribution in [3.05, 3.63) is 35.1 Å². The van der Waals surface area contributed by atoms with Gasteiger partial charge in [0.2, 0.25) is 0 Å². The maximum atomic E-state index is 13.0. The first-order valence-corrected chi connectivity index (χ1v) is 6.76. The van der Waals surface area contributed by atoms with Gasteiger partial charge in [0.25, 0.3) is 0 Å². The summed E-state index contributed by atoms with van der Waals surface area (Å²) in [6.45, 7) is 5.28. The minimum atomic E-state index is -1.24. The molecule has 8 heteroatoms. The van der Waals surface area contributed by atoms with Crippen LogP contribution >= 0.6 is 0 Å². The van der Waals surface area contributed by atoms with Crippen molar-refractivity contribution in [3.63, 3.8) is 0 Å². The number of aliphatic carboxylic acids is 1. The van der Waals surface area contributed by atoms with E-state index in [0.717, 1.165) is 6.07 Å². The van der Waals surface area contributed by atoms with E-state index in [1.165, 1.54) is 0 Å². The minimum Gasteiger partial charge on any atom is -0.481 e. The highest BCUT2D eigenvalue weighted by molar-refractivity contribution is 5.66. The van der Waals surface area contributed by atoms with Crippen LogP contribution in [0.25, 0.3) is 0 Å². The zero-order chi connectivity index (χ0) is 18.2. The molecule has 23 heavy (non-hydrogen) atoms. The monoisotopic (exact) mass is 335 g/mol. The number of rotatable bonds is 4. The molecule has 0 saturated carbocycles. The number of ether oxygens (including phenoxy) is 1. The van der Waals surface area contributed by atoms with Crippen molar-refractivity contribution in [1.29, 1.82) is 0 Å². The molecule has 0 heterocycles. The first-order valence-electron chi connectivity index (χ1n) is 6.76. The number of halogens is 3. The highest BCUT2D eigenvalue weighted by Gasteiger charge is 2.12. The molecule has 0 unspecified atom stereocenters. The van der Waals surface area contributed by atoms with Crippen LogP contribution in [0, 0.1) is 17.5 Å². The molecule has 1 aromatic rings. The number of aryl methyl sites for hydroxylation is 1. The van der Waals surface area contributed by atoms with E-state index in [-0.39, 0.29) is 24.8 Å². The molecule has 0 atom stereocenters. The van der Waals surface area contributed by atoms with Crippen LogP contribution in [0.5, 0.6) is 0 Å². The first-order chi connectivity index (χ1) is 10.4. The largest absolute Gasteiger partial charge is 0.481 e. The second kappa shape index (κ2) is 9.02. The molecule has 1 amide bonds. The Morgan fingerprint density at radius 2 is 1.65 bits per heavy atom. The summed E-state index contributed by atoms with van der Waals surface area (Å²) >= 11 is 0. The third-order valence-electron chi connectivity index (χ3n) is 2.33. The standard InChI is InChI=1S/C10H9F3O2.C5H11NO2/c11-7-5-9(13)8(12)4-6(7)2-1-3-10(14)15;1-5(2,3)8-4(6)7/h4-5H,1-3H2,(H,14,15);1-3H3,(H2,6,7). The lowest BCUT2D eigenvalue weighted by atomic mass is 10.1. The van der Waals surface area contributed by atoms with E-state index in [0.29, 0.717) is 6.07 Å². The van der Waals surface area contributed by atoms with Gasteiger partial charge in [-0.1, -0.05) is 0 Å². The van der Waals surface area contributed by atoms with Crippen molar-refractivity contribution in [2.75, 3.05) is 0 Å². The van der Waals surface area contributed by atoms with Gasteiger partial charge in [0.15, 0.2) is 11.6 Å². The van der Waals surface area contributed by atoms with Gasteiger partial charge in [0, 0.05) is 12.5 Å². The number of carboxylic acid groups (broad SMARTS) is 1. The van der Waals surface area contributed by atoms with Gasteiger partial charge in [-0.25, -0.2) is 18.0 Å². The number of carbonyl (C=O) groups excluding carboxylic acids is 1. The maximum absolute atomic E-state index is 13.0. The molecule has 0 saturated heterocycles. The lowest BCUT2D eigenvalue weighted by Gasteiger charge is -2.16. The molecule has 0 aliphatic carbocycles. The molecular formula is C15H20F3NO4. The smallest absolute Gasteiger partial charge is 0.405 e. The average molecular weight is 335 g/mol. The molecule has 1 aromatic carbocycles. The lowest BCUT2D eigenvalue weighted by Crippen LogP contribution is -2.27. The number of carboxylic acids is 1. The van der Waals surface area contributed by atoms with Gasteiger partial charge in [0.05, 0.1) is 0 Å². The van der Waals surface area contributed by atoms with Gasteiger partial charge >= 0.3 is 12.1 Å². The first kappa shape index (κ1) is 20.8. The van der Waals surface area contributed by atoms with Crippen molar-refractivity contribution in [3.8, 4) is 0 Å². The van der Waals surface area contributed by atoms with E-state index in [4.69, 9.17) is 10.8 Å². The van der Waals surface area contributed by atoms with Gasteiger partial charge in [-0.3, -0.25) is 4.79 Å². The van der Waals surface area contributed by atoms with E-state index >= 15 is 0 Å². The number of amides is 1. The van der Waals surface area contributed by atoms with E-state index in [1.54, 1.807) is 20.8 Å². The number of carbonyl (C=O) groups is 2. The molecule has 0 radical (unpaired) electrons. The van der Waals surface area contributed by atoms with Crippen molar-refractivity contribution >= 4 is 12.1 Å². The number of hydrogen-bond acceptors (Lipinski definition) is 3. The van der Waals surface area contributed by atoms with E-state index < -0.39 is 35.1 Å². The topological polar surface area (TPSA) is 89.6 Å². The number of benzene rings is 1. The summed E-state index contributed by atoms with van der Waals surface area (Å²) in [4.78, 5) is 20.2. The molecule has 3 N–H and O–H groups in total. The fourth-order valence-electron chi connectivity index (χ4n) is 1.49. The van der Waals surface area contributed by atoms with Crippen molar-refractivity contribution in [2.24, 2.45) is 5.73 Å². The van der Waals surface area contributed by atoms with Crippen molar-refractivity contribution in [1.82, 2.24) is 0 Å². The third-order valence-corrected chi connectivity index (χ3v) is 2.33. The van der Waals surface area contributed by atoms with E-state index in [2.05, 4.69) is 4.74 Å². The van der Waals surface area contributed by atoms with Crippen LogP contribution < -0.4 is 5.73 Å². The van der Waals surface area contributed by atoms with Crippen LogP contribution in [-0.4, -0.2) is 22.8 Å². The van der Waals surface area contributed by atoms with Crippen molar-refractivity contribution in [2.45, 2.75) is 45.6 Å². The van der Waals surface area contributed by atoms with Crippen LogP contribution in [0.3, 0.4) is 0 Å². The van der Waals surface area contributed by atoms with Gasteiger partial charge in [-0.2, -0.15) is 0 Å². The lowest BCUT2D eigenvalue weighted by molar-refractivity contribution is -0.137. The predicted molar refractivity (Wildman–Crippen MR) is 77.3 cm³/mol. The Morgan fingerprint density at radius 1 is 1.13 bits per heavy atom. The Balaban J connectivity index is 0.000000515. The Labute approximate surface area is 132 Å². The van der Waals surface area contributed by atoms with Crippen LogP contribution in [0.4, 0.5) is 18.0 Å². The summed E-state index contributed by atoms with van der Waals surface area (Å²) in [7, 11) is 0. The molecule has 0 aliphatic heterocycles. The number of nitrogens with two attached hydrogens (primary N) is 1. The summed E-state index contributed by atoms with van der Waals surface area (Å²) in [5.41, 5.74) is 4.26. The van der Waals surface area contributed by atoms with Crippen LogP contribution in [-0.2, 0) is 16.0 Å². The fourth-order valence-corrected chi connectivity index (χ4v) is 1.49. The summed E-state index contributed by atoms with van der Waals surface area (Å²) in [6, 6.07) is 1.22. The molecule has 0 bridgehead atoms. The quantitative estimate of drug-likeness (QED) is 0.825. The zero-order valence-electron chi connectivity index (χ0n) is 13.2. The molecule has 0 fully saturated rings. The number of primary amides is 1. The highest BCUT2D eigenvalue weighted by Crippen LogP contribution is 2.15. The summed E-state index contributed by atoms with van der Waals surface area (Å²) in [5.74, 6) is -4.21. The average Bonchev–Trinajstić information content (AvgIpc) is 2.32. The normalized spacial score (nSPS) is 10.5. The predicted octanol–water partition coefficient (Wildman–Crippen LogP) is 3.39. The SMILES string of the molecule is CC(C)(C)OC(N)=O.O=C(O)CCCc1cc(F)c(F)cc1F. The molecular weight excluding hydrogens is 315 g/mol. The van der Waals surface area contributed by atoms with Crippen molar-refractivity contribution < 1.29 is 32.6 Å². The molecule has 0 aromatic heterocycles. The van der Waals surface area contributed by atoms with Gasteiger partial charge in [0.1, 0.15) is 11.4 Å². The highest BCUT2D eigenvalue weighted by atomic mass is 19.2. The summed E-state index contributed by atoms with van der Waals surface area (Å²) < 4.78 is 42.8. The Bertz CT molecular complexity index is 556. The van der Waals surface area contributed by atoms with E-state index in [1.807, 2.05) is 0 Å². The zero-order valence-corrected chi connectivity index (χ0v) is 13.2. The fraction of sp³-hybridized carbons (Fsp3) is 0.467. The van der Waals surface area contributed by atoms with E-state index in [9.17, 15) is 22.8 Å². The molecule has 5 nitrogen and oxygen atoms in total.